The van der Waals surface area contributed by atoms with Crippen LogP contribution < -0.4 is 9.47 Å². The van der Waals surface area contributed by atoms with Gasteiger partial charge in [0.2, 0.25) is 0 Å². The lowest BCUT2D eigenvalue weighted by Gasteiger charge is -2.15. The highest BCUT2D eigenvalue weighted by molar-refractivity contribution is 5.72. The number of carbonyl (C=O) groups excluding carboxylic acids is 1. The molecule has 0 aliphatic rings. The van der Waals surface area contributed by atoms with E-state index in [-0.39, 0.29) is 18.2 Å². The molecule has 3 aromatic carbocycles. The average molecular weight is 495 g/mol. The van der Waals surface area contributed by atoms with E-state index in [1.165, 1.54) is 6.07 Å². The van der Waals surface area contributed by atoms with Crippen molar-refractivity contribution >= 4 is 5.97 Å². The van der Waals surface area contributed by atoms with Crippen LogP contribution in [0.4, 0.5) is 4.39 Å². The Labute approximate surface area is 213 Å². The zero-order valence-corrected chi connectivity index (χ0v) is 21.6. The molecule has 0 aromatic heterocycles. The third-order valence-electron chi connectivity index (χ3n) is 5.76. The Balaban J connectivity index is 1.64. The van der Waals surface area contributed by atoms with Gasteiger partial charge in [-0.3, -0.25) is 4.79 Å². The van der Waals surface area contributed by atoms with Crippen LogP contribution in [0.3, 0.4) is 0 Å². The Kier molecular flexibility index (Phi) is 10.3. The molecule has 5 nitrogen and oxygen atoms in total. The summed E-state index contributed by atoms with van der Waals surface area (Å²) in [5.74, 6) is 0.561. The molecule has 0 saturated carbocycles. The lowest BCUT2D eigenvalue weighted by molar-refractivity contribution is -0.143. The fourth-order valence-electron chi connectivity index (χ4n) is 4.10. The summed E-state index contributed by atoms with van der Waals surface area (Å²) >= 11 is 0. The van der Waals surface area contributed by atoms with Crippen LogP contribution in [0, 0.1) is 19.7 Å². The van der Waals surface area contributed by atoms with E-state index in [9.17, 15) is 9.18 Å². The van der Waals surface area contributed by atoms with Gasteiger partial charge in [0, 0.05) is 19.1 Å². The second kappa shape index (κ2) is 13.6. The summed E-state index contributed by atoms with van der Waals surface area (Å²) in [7, 11) is 0. The van der Waals surface area contributed by atoms with Crippen LogP contribution in [0.1, 0.15) is 42.5 Å². The molecule has 0 aliphatic heterocycles. The van der Waals surface area contributed by atoms with Gasteiger partial charge < -0.3 is 18.9 Å². The summed E-state index contributed by atoms with van der Waals surface area (Å²) in [5.41, 5.74) is 5.95. The second-order valence-electron chi connectivity index (χ2n) is 8.52. The van der Waals surface area contributed by atoms with Gasteiger partial charge in [0.25, 0.3) is 0 Å². The molecular weight excluding hydrogens is 459 g/mol. The maximum atomic E-state index is 14.5. The van der Waals surface area contributed by atoms with Crippen LogP contribution in [0.25, 0.3) is 11.1 Å². The van der Waals surface area contributed by atoms with Crippen molar-refractivity contribution in [2.24, 2.45) is 0 Å². The van der Waals surface area contributed by atoms with Crippen molar-refractivity contribution in [3.63, 3.8) is 0 Å². The molecule has 0 bridgehead atoms. The molecule has 3 rings (SSSR count). The Hall–Kier alpha value is -3.38. The standard InChI is InChI=1S/C30H35FO5/c1-5-33-14-15-35-27-16-21(3)30(22(4)17-27)25-9-7-8-23(18-25)20-36-26-12-10-24(28(31)19-26)11-13-29(32)34-6-2/h7-10,12,16-19H,5-6,11,13-15,20H2,1-4H3. The first-order chi connectivity index (χ1) is 17.4. The van der Waals surface area contributed by atoms with Gasteiger partial charge in [-0.05, 0) is 91.8 Å². The van der Waals surface area contributed by atoms with Gasteiger partial charge in [0.1, 0.15) is 30.5 Å². The quantitative estimate of drug-likeness (QED) is 0.198. The molecule has 6 heteroatoms. The van der Waals surface area contributed by atoms with E-state index >= 15 is 0 Å². The second-order valence-corrected chi connectivity index (χ2v) is 8.52. The zero-order chi connectivity index (χ0) is 25.9. The molecule has 0 amide bonds. The minimum atomic E-state index is -0.389. The van der Waals surface area contributed by atoms with E-state index in [1.54, 1.807) is 19.1 Å². The van der Waals surface area contributed by atoms with E-state index in [4.69, 9.17) is 18.9 Å². The van der Waals surface area contributed by atoms with Crippen molar-refractivity contribution in [3.8, 4) is 22.6 Å². The average Bonchev–Trinajstić information content (AvgIpc) is 2.85. The lowest BCUT2D eigenvalue weighted by atomic mass is 9.94. The van der Waals surface area contributed by atoms with Crippen LogP contribution in [-0.2, 0) is 27.3 Å². The fourth-order valence-corrected chi connectivity index (χ4v) is 4.10. The van der Waals surface area contributed by atoms with Gasteiger partial charge >= 0.3 is 5.97 Å². The monoisotopic (exact) mass is 494 g/mol. The molecule has 0 radical (unpaired) electrons. The van der Waals surface area contributed by atoms with Crippen LogP contribution in [0.15, 0.2) is 54.6 Å². The SMILES string of the molecule is CCOCCOc1cc(C)c(-c2cccc(COc3ccc(CCC(=O)OCC)c(F)c3)c2)c(C)c1. The number of aryl methyl sites for hydroxylation is 3. The maximum Gasteiger partial charge on any atom is 0.306 e. The molecule has 0 atom stereocenters. The largest absolute Gasteiger partial charge is 0.491 e. The van der Waals surface area contributed by atoms with Crippen LogP contribution in [0.2, 0.25) is 0 Å². The number of hydrogen-bond donors (Lipinski definition) is 0. The number of esters is 1. The smallest absolute Gasteiger partial charge is 0.306 e. The molecule has 0 N–H and O–H groups in total. The first-order valence-corrected chi connectivity index (χ1v) is 12.4. The first-order valence-electron chi connectivity index (χ1n) is 12.4. The first kappa shape index (κ1) is 27.2. The number of benzene rings is 3. The number of carbonyl (C=O) groups is 1. The van der Waals surface area contributed by atoms with Crippen molar-refractivity contribution < 1.29 is 28.1 Å². The van der Waals surface area contributed by atoms with Gasteiger partial charge in [0.05, 0.1) is 13.2 Å². The molecule has 0 heterocycles. The number of halogens is 1. The van der Waals surface area contributed by atoms with Crippen LogP contribution in [0.5, 0.6) is 11.5 Å². The van der Waals surface area contributed by atoms with Crippen molar-refractivity contribution in [1.82, 2.24) is 0 Å². The van der Waals surface area contributed by atoms with E-state index in [0.29, 0.717) is 50.8 Å². The summed E-state index contributed by atoms with van der Waals surface area (Å²) in [5, 5.41) is 0. The third-order valence-corrected chi connectivity index (χ3v) is 5.76. The molecule has 0 aliphatic carbocycles. The number of rotatable bonds is 13. The summed E-state index contributed by atoms with van der Waals surface area (Å²) in [4.78, 5) is 11.5. The highest BCUT2D eigenvalue weighted by Gasteiger charge is 2.11. The summed E-state index contributed by atoms with van der Waals surface area (Å²) in [6, 6.07) is 17.0. The molecule has 0 spiro atoms. The van der Waals surface area contributed by atoms with Crippen molar-refractivity contribution in [2.45, 2.75) is 47.1 Å². The molecule has 0 saturated heterocycles. The Morgan fingerprint density at radius 2 is 1.64 bits per heavy atom. The predicted molar refractivity (Wildman–Crippen MR) is 139 cm³/mol. The van der Waals surface area contributed by atoms with Gasteiger partial charge in [-0.25, -0.2) is 4.39 Å². The number of hydrogen-bond acceptors (Lipinski definition) is 5. The van der Waals surface area contributed by atoms with Gasteiger partial charge in [-0.2, -0.15) is 0 Å². The summed E-state index contributed by atoms with van der Waals surface area (Å²) in [6.07, 6.45) is 0.443. The Morgan fingerprint density at radius 3 is 2.33 bits per heavy atom. The normalized spacial score (nSPS) is 10.8. The highest BCUT2D eigenvalue weighted by Crippen LogP contribution is 2.32. The summed E-state index contributed by atoms with van der Waals surface area (Å²) < 4.78 is 36.4. The third kappa shape index (κ3) is 7.82. The highest BCUT2D eigenvalue weighted by atomic mass is 19.1. The Bertz CT molecular complexity index is 1130. The Morgan fingerprint density at radius 1 is 0.861 bits per heavy atom. The van der Waals surface area contributed by atoms with E-state index < -0.39 is 0 Å². The summed E-state index contributed by atoms with van der Waals surface area (Å²) in [6.45, 7) is 10.3. The molecule has 0 fully saturated rings. The molecular formula is C30H35FO5. The minimum Gasteiger partial charge on any atom is -0.491 e. The van der Waals surface area contributed by atoms with E-state index in [0.717, 1.165) is 33.6 Å². The van der Waals surface area contributed by atoms with E-state index in [1.807, 2.05) is 31.2 Å². The van der Waals surface area contributed by atoms with Gasteiger partial charge in [0.15, 0.2) is 0 Å². The maximum absolute atomic E-state index is 14.5. The topological polar surface area (TPSA) is 54.0 Å². The van der Waals surface area contributed by atoms with Crippen LogP contribution in [-0.4, -0.2) is 32.4 Å². The lowest BCUT2D eigenvalue weighted by Crippen LogP contribution is -2.06. The number of ether oxygens (including phenoxy) is 4. The minimum absolute atomic E-state index is 0.150. The van der Waals surface area contributed by atoms with Gasteiger partial charge in [-0.1, -0.05) is 24.3 Å². The van der Waals surface area contributed by atoms with Crippen molar-refractivity contribution in [3.05, 3.63) is 82.7 Å². The zero-order valence-electron chi connectivity index (χ0n) is 21.6. The van der Waals surface area contributed by atoms with Crippen molar-refractivity contribution in [2.75, 3.05) is 26.4 Å². The molecule has 0 unspecified atom stereocenters. The fraction of sp³-hybridized carbons (Fsp3) is 0.367. The molecule has 3 aromatic rings. The van der Waals surface area contributed by atoms with E-state index in [2.05, 4.69) is 26.0 Å². The predicted octanol–water partition coefficient (Wildman–Crippen LogP) is 6.60. The molecule has 192 valence electrons. The van der Waals surface area contributed by atoms with Crippen LogP contribution >= 0.6 is 0 Å². The van der Waals surface area contributed by atoms with Gasteiger partial charge in [-0.15, -0.1) is 0 Å². The molecule has 36 heavy (non-hydrogen) atoms. The van der Waals surface area contributed by atoms with Crippen molar-refractivity contribution in [1.29, 1.82) is 0 Å².